The molecule has 0 radical (unpaired) electrons. The molecule has 28 heavy (non-hydrogen) atoms. The molecule has 3 aromatic rings. The fraction of sp³-hybridized carbons (Fsp3) is 0.391. The summed E-state index contributed by atoms with van der Waals surface area (Å²) in [5, 5.41) is 3.06. The molecule has 5 rings (SSSR count). The number of imidazole rings is 1. The molecule has 1 N–H and O–H groups in total. The van der Waals surface area contributed by atoms with Crippen LogP contribution in [0, 0.1) is 6.92 Å². The summed E-state index contributed by atoms with van der Waals surface area (Å²) in [6.45, 7) is 3.19. The first-order chi connectivity index (χ1) is 13.7. The summed E-state index contributed by atoms with van der Waals surface area (Å²) in [6.07, 6.45) is 7.91. The van der Waals surface area contributed by atoms with Gasteiger partial charge in [0.15, 0.2) is 0 Å². The predicted octanol–water partition coefficient (Wildman–Crippen LogP) is 4.17. The molecule has 0 unspecified atom stereocenters. The van der Waals surface area contributed by atoms with Crippen LogP contribution in [0.4, 0.5) is 0 Å². The van der Waals surface area contributed by atoms with E-state index in [0.717, 1.165) is 42.1 Å². The number of hydrogen-bond acceptors (Lipinski definition) is 3. The van der Waals surface area contributed by atoms with Crippen LogP contribution in [-0.2, 0) is 13.0 Å². The average molecular weight is 375 g/mol. The molecule has 3 heterocycles. The van der Waals surface area contributed by atoms with E-state index in [1.807, 2.05) is 29.7 Å². The molecule has 144 valence electrons. The van der Waals surface area contributed by atoms with Gasteiger partial charge in [0.05, 0.1) is 12.3 Å². The van der Waals surface area contributed by atoms with Crippen molar-refractivity contribution in [2.75, 3.05) is 6.61 Å². The Balaban J connectivity index is 1.35. The molecule has 0 bridgehead atoms. The van der Waals surface area contributed by atoms with Crippen LogP contribution >= 0.6 is 0 Å². The number of carbonyl (C=O) groups excluding carboxylic acids is 1. The zero-order chi connectivity index (χ0) is 19.1. The molecule has 0 atom stereocenters. The van der Waals surface area contributed by atoms with E-state index in [2.05, 4.69) is 28.5 Å². The quantitative estimate of drug-likeness (QED) is 0.745. The molecule has 1 aliphatic heterocycles. The first kappa shape index (κ1) is 17.3. The SMILES string of the molecule is Cc1nc2cc(C3CCC3)ccn2c1C(=O)NCc1ccc2c(c1)CCCO2. The molecule has 1 fully saturated rings. The van der Waals surface area contributed by atoms with E-state index < -0.39 is 0 Å². The van der Waals surface area contributed by atoms with Crippen LogP contribution < -0.4 is 10.1 Å². The number of ether oxygens (including phenoxy) is 1. The first-order valence-electron chi connectivity index (χ1n) is 10.2. The highest BCUT2D eigenvalue weighted by Gasteiger charge is 2.22. The summed E-state index contributed by atoms with van der Waals surface area (Å²) in [5.74, 6) is 1.55. The number of aryl methyl sites for hydroxylation is 2. The Hall–Kier alpha value is -2.82. The Morgan fingerprint density at radius 3 is 2.96 bits per heavy atom. The van der Waals surface area contributed by atoms with Crippen LogP contribution in [0.15, 0.2) is 36.5 Å². The van der Waals surface area contributed by atoms with Gasteiger partial charge in [-0.25, -0.2) is 4.98 Å². The number of aromatic nitrogens is 2. The van der Waals surface area contributed by atoms with E-state index in [9.17, 15) is 4.79 Å². The normalized spacial score (nSPS) is 16.3. The van der Waals surface area contributed by atoms with Crippen molar-refractivity contribution in [1.29, 1.82) is 0 Å². The van der Waals surface area contributed by atoms with Crippen LogP contribution in [0.2, 0.25) is 0 Å². The maximum absolute atomic E-state index is 12.9. The van der Waals surface area contributed by atoms with Crippen molar-refractivity contribution in [2.45, 2.75) is 51.5 Å². The van der Waals surface area contributed by atoms with Crippen molar-refractivity contribution in [3.8, 4) is 5.75 Å². The third-order valence-electron chi connectivity index (χ3n) is 6.04. The van der Waals surface area contributed by atoms with E-state index in [-0.39, 0.29) is 5.91 Å². The number of benzene rings is 1. The number of rotatable bonds is 4. The number of amides is 1. The number of fused-ring (bicyclic) bond motifs is 2. The van der Waals surface area contributed by atoms with Crippen LogP contribution in [0.3, 0.4) is 0 Å². The minimum Gasteiger partial charge on any atom is -0.493 e. The molecule has 0 saturated heterocycles. The second kappa shape index (κ2) is 6.97. The smallest absolute Gasteiger partial charge is 0.270 e. The van der Waals surface area contributed by atoms with Gasteiger partial charge in [0.25, 0.3) is 5.91 Å². The van der Waals surface area contributed by atoms with Crippen molar-refractivity contribution in [1.82, 2.24) is 14.7 Å². The monoisotopic (exact) mass is 375 g/mol. The maximum Gasteiger partial charge on any atom is 0.270 e. The topological polar surface area (TPSA) is 55.6 Å². The third kappa shape index (κ3) is 3.05. The van der Waals surface area contributed by atoms with Crippen LogP contribution in [0.1, 0.15) is 64.5 Å². The van der Waals surface area contributed by atoms with Gasteiger partial charge in [-0.2, -0.15) is 0 Å². The molecule has 1 aliphatic carbocycles. The third-order valence-corrected chi connectivity index (χ3v) is 6.04. The Bertz CT molecular complexity index is 1050. The zero-order valence-corrected chi connectivity index (χ0v) is 16.2. The van der Waals surface area contributed by atoms with Gasteiger partial charge in [0.1, 0.15) is 17.1 Å². The molecule has 5 nitrogen and oxygen atoms in total. The average Bonchev–Trinajstić information content (AvgIpc) is 2.99. The Morgan fingerprint density at radius 2 is 2.14 bits per heavy atom. The van der Waals surface area contributed by atoms with Gasteiger partial charge >= 0.3 is 0 Å². The summed E-state index contributed by atoms with van der Waals surface area (Å²) < 4.78 is 7.58. The maximum atomic E-state index is 12.9. The summed E-state index contributed by atoms with van der Waals surface area (Å²) in [6, 6.07) is 10.4. The molecule has 1 aromatic carbocycles. The van der Waals surface area contributed by atoms with Gasteiger partial charge < -0.3 is 10.1 Å². The lowest BCUT2D eigenvalue weighted by Crippen LogP contribution is -2.25. The van der Waals surface area contributed by atoms with Crippen molar-refractivity contribution >= 4 is 11.6 Å². The van der Waals surface area contributed by atoms with Crippen molar-refractivity contribution < 1.29 is 9.53 Å². The zero-order valence-electron chi connectivity index (χ0n) is 16.2. The molecular formula is C23H25N3O2. The van der Waals surface area contributed by atoms with Gasteiger partial charge in [-0.3, -0.25) is 9.20 Å². The molecule has 1 amide bonds. The summed E-state index contributed by atoms with van der Waals surface area (Å²) in [5.41, 5.74) is 5.91. The van der Waals surface area contributed by atoms with Crippen LogP contribution in [0.25, 0.3) is 5.65 Å². The molecule has 1 saturated carbocycles. The summed E-state index contributed by atoms with van der Waals surface area (Å²) >= 11 is 0. The molecule has 5 heteroatoms. The van der Waals surface area contributed by atoms with Crippen LogP contribution in [-0.4, -0.2) is 21.9 Å². The lowest BCUT2D eigenvalue weighted by molar-refractivity contribution is 0.0944. The highest BCUT2D eigenvalue weighted by molar-refractivity contribution is 5.94. The van der Waals surface area contributed by atoms with Gasteiger partial charge in [-0.05, 0) is 73.4 Å². The van der Waals surface area contributed by atoms with Gasteiger partial charge in [-0.1, -0.05) is 18.6 Å². The van der Waals surface area contributed by atoms with Gasteiger partial charge in [0.2, 0.25) is 0 Å². The Labute approximate surface area is 164 Å². The van der Waals surface area contributed by atoms with Gasteiger partial charge in [0, 0.05) is 12.7 Å². The molecule has 2 aliphatic rings. The largest absolute Gasteiger partial charge is 0.493 e. The highest BCUT2D eigenvalue weighted by atomic mass is 16.5. The summed E-state index contributed by atoms with van der Waals surface area (Å²) in [7, 11) is 0. The van der Waals surface area contributed by atoms with E-state index in [4.69, 9.17) is 4.74 Å². The Kier molecular flexibility index (Phi) is 4.30. The standard InChI is InChI=1S/C23H25N3O2/c1-15-22(26-10-9-18(13-21(26)25-15)17-4-2-5-17)23(27)24-14-16-7-8-20-19(12-16)6-3-11-28-20/h7-10,12-13,17H,2-6,11,14H2,1H3,(H,24,27). The van der Waals surface area contributed by atoms with Gasteiger partial charge in [-0.15, -0.1) is 0 Å². The van der Waals surface area contributed by atoms with Crippen molar-refractivity contribution in [2.24, 2.45) is 0 Å². The lowest BCUT2D eigenvalue weighted by atomic mass is 9.80. The van der Waals surface area contributed by atoms with Crippen LogP contribution in [0.5, 0.6) is 5.75 Å². The summed E-state index contributed by atoms with van der Waals surface area (Å²) in [4.78, 5) is 17.5. The highest BCUT2D eigenvalue weighted by Crippen LogP contribution is 2.36. The number of nitrogens with zero attached hydrogens (tertiary/aromatic N) is 2. The van der Waals surface area contributed by atoms with Crippen molar-refractivity contribution in [3.63, 3.8) is 0 Å². The second-order valence-corrected chi connectivity index (χ2v) is 7.94. The number of pyridine rings is 1. The minimum absolute atomic E-state index is 0.0876. The molecular weight excluding hydrogens is 350 g/mol. The minimum atomic E-state index is -0.0876. The number of hydrogen-bond donors (Lipinski definition) is 1. The molecule has 2 aromatic heterocycles. The van der Waals surface area contributed by atoms with E-state index in [1.54, 1.807) is 0 Å². The second-order valence-electron chi connectivity index (χ2n) is 7.94. The molecule has 0 spiro atoms. The lowest BCUT2D eigenvalue weighted by Gasteiger charge is -2.25. The van der Waals surface area contributed by atoms with Crippen molar-refractivity contribution in [3.05, 3.63) is 64.6 Å². The fourth-order valence-corrected chi connectivity index (χ4v) is 4.24. The van der Waals surface area contributed by atoms with E-state index >= 15 is 0 Å². The number of carbonyl (C=O) groups is 1. The fourth-order valence-electron chi connectivity index (χ4n) is 4.24. The van der Waals surface area contributed by atoms with E-state index in [0.29, 0.717) is 18.2 Å². The van der Waals surface area contributed by atoms with E-state index in [1.165, 1.54) is 30.4 Å². The predicted molar refractivity (Wildman–Crippen MR) is 108 cm³/mol. The Morgan fingerprint density at radius 1 is 1.25 bits per heavy atom. The first-order valence-corrected chi connectivity index (χ1v) is 10.2. The number of nitrogens with one attached hydrogen (secondary N) is 1.